The lowest BCUT2D eigenvalue weighted by Crippen LogP contribution is -2.12. The second kappa shape index (κ2) is 6.03. The van der Waals surface area contributed by atoms with Crippen molar-refractivity contribution in [2.24, 2.45) is 5.73 Å². The molecular formula is C14H21NO2. The third-order valence-electron chi connectivity index (χ3n) is 3.22. The summed E-state index contributed by atoms with van der Waals surface area (Å²) in [5.74, 6) is 0.952. The van der Waals surface area contributed by atoms with Crippen LogP contribution in [0.1, 0.15) is 30.4 Å². The summed E-state index contributed by atoms with van der Waals surface area (Å²) >= 11 is 0. The maximum absolute atomic E-state index is 5.86. The van der Waals surface area contributed by atoms with E-state index in [0.717, 1.165) is 29.9 Å². The molecule has 1 aliphatic heterocycles. The molecule has 1 atom stereocenters. The number of hydrogen-bond donors (Lipinski definition) is 1. The zero-order valence-corrected chi connectivity index (χ0v) is 10.4. The first-order valence-corrected chi connectivity index (χ1v) is 6.34. The molecule has 0 bridgehead atoms. The maximum atomic E-state index is 5.86. The highest BCUT2D eigenvalue weighted by Gasteiger charge is 2.15. The highest BCUT2D eigenvalue weighted by atomic mass is 16.5. The standard InChI is InChI=1S/C14H21NO2/c1-11-4-2-5-12(10-15)14(11)17-9-7-13-6-3-8-16-13/h2,4-5,13H,3,6-10,15H2,1H3. The number of aryl methyl sites for hydroxylation is 1. The lowest BCUT2D eigenvalue weighted by molar-refractivity contribution is 0.0901. The predicted octanol–water partition coefficient (Wildman–Crippen LogP) is 2.40. The van der Waals surface area contributed by atoms with Crippen molar-refractivity contribution in [1.82, 2.24) is 0 Å². The Hall–Kier alpha value is -1.06. The van der Waals surface area contributed by atoms with Gasteiger partial charge in [-0.15, -0.1) is 0 Å². The molecule has 1 aromatic rings. The number of hydrogen-bond acceptors (Lipinski definition) is 3. The Morgan fingerprint density at radius 1 is 1.47 bits per heavy atom. The van der Waals surface area contributed by atoms with Crippen LogP contribution in [0, 0.1) is 6.92 Å². The summed E-state index contributed by atoms with van der Waals surface area (Å²) in [5, 5.41) is 0. The maximum Gasteiger partial charge on any atom is 0.126 e. The summed E-state index contributed by atoms with van der Waals surface area (Å²) in [6.45, 7) is 4.20. The van der Waals surface area contributed by atoms with Crippen LogP contribution in [0.3, 0.4) is 0 Å². The molecule has 0 spiro atoms. The Morgan fingerprint density at radius 2 is 2.35 bits per heavy atom. The Kier molecular flexibility index (Phi) is 4.40. The van der Waals surface area contributed by atoms with E-state index in [0.29, 0.717) is 19.3 Å². The third-order valence-corrected chi connectivity index (χ3v) is 3.22. The molecule has 1 saturated heterocycles. The van der Waals surface area contributed by atoms with Gasteiger partial charge in [0.15, 0.2) is 0 Å². The second-order valence-electron chi connectivity index (χ2n) is 4.54. The minimum Gasteiger partial charge on any atom is -0.493 e. The quantitative estimate of drug-likeness (QED) is 0.852. The summed E-state index contributed by atoms with van der Waals surface area (Å²) in [6, 6.07) is 6.10. The van der Waals surface area contributed by atoms with Crippen LogP contribution < -0.4 is 10.5 Å². The first-order valence-electron chi connectivity index (χ1n) is 6.34. The minimum absolute atomic E-state index is 0.389. The third kappa shape index (κ3) is 3.20. The van der Waals surface area contributed by atoms with Crippen molar-refractivity contribution in [2.75, 3.05) is 13.2 Å². The highest BCUT2D eigenvalue weighted by molar-refractivity contribution is 5.40. The summed E-state index contributed by atoms with van der Waals surface area (Å²) in [6.07, 6.45) is 3.71. The van der Waals surface area contributed by atoms with Crippen LogP contribution in [0.15, 0.2) is 18.2 Å². The van der Waals surface area contributed by atoms with Crippen molar-refractivity contribution in [3.8, 4) is 5.75 Å². The monoisotopic (exact) mass is 235 g/mol. The molecule has 1 fully saturated rings. The fourth-order valence-corrected chi connectivity index (χ4v) is 2.24. The van der Waals surface area contributed by atoms with Gasteiger partial charge in [0.2, 0.25) is 0 Å². The molecule has 1 aliphatic rings. The number of nitrogens with two attached hydrogens (primary N) is 1. The van der Waals surface area contributed by atoms with E-state index in [1.165, 1.54) is 12.8 Å². The number of ether oxygens (including phenoxy) is 2. The molecule has 17 heavy (non-hydrogen) atoms. The van der Waals surface area contributed by atoms with Crippen LogP contribution in [0.5, 0.6) is 5.75 Å². The molecule has 0 amide bonds. The SMILES string of the molecule is Cc1cccc(CN)c1OCCC1CCCO1. The number of benzene rings is 1. The van der Waals surface area contributed by atoms with Crippen molar-refractivity contribution in [2.45, 2.75) is 38.8 Å². The van der Waals surface area contributed by atoms with Gasteiger partial charge in [-0.25, -0.2) is 0 Å². The van der Waals surface area contributed by atoms with Gasteiger partial charge < -0.3 is 15.2 Å². The average molecular weight is 235 g/mol. The second-order valence-corrected chi connectivity index (χ2v) is 4.54. The average Bonchev–Trinajstić information content (AvgIpc) is 2.84. The van der Waals surface area contributed by atoms with E-state index in [9.17, 15) is 0 Å². The molecule has 0 saturated carbocycles. The molecule has 3 heteroatoms. The lowest BCUT2D eigenvalue weighted by Gasteiger charge is -2.15. The molecule has 3 nitrogen and oxygen atoms in total. The van der Waals surface area contributed by atoms with E-state index >= 15 is 0 Å². The van der Waals surface area contributed by atoms with Gasteiger partial charge in [0.1, 0.15) is 5.75 Å². The van der Waals surface area contributed by atoms with Gasteiger partial charge in [0.05, 0.1) is 12.7 Å². The highest BCUT2D eigenvalue weighted by Crippen LogP contribution is 2.24. The van der Waals surface area contributed by atoms with Crippen LogP contribution in [0.2, 0.25) is 0 Å². The topological polar surface area (TPSA) is 44.5 Å². The van der Waals surface area contributed by atoms with Crippen molar-refractivity contribution < 1.29 is 9.47 Å². The van der Waals surface area contributed by atoms with E-state index in [2.05, 4.69) is 13.0 Å². The minimum atomic E-state index is 0.389. The molecule has 2 rings (SSSR count). The molecule has 1 heterocycles. The number of para-hydroxylation sites is 1. The Labute approximate surface area is 103 Å². The van der Waals surface area contributed by atoms with E-state index in [-0.39, 0.29) is 0 Å². The number of rotatable bonds is 5. The van der Waals surface area contributed by atoms with Crippen molar-refractivity contribution >= 4 is 0 Å². The van der Waals surface area contributed by atoms with Crippen LogP contribution in [0.25, 0.3) is 0 Å². The molecule has 0 aliphatic carbocycles. The van der Waals surface area contributed by atoms with E-state index in [1.807, 2.05) is 12.1 Å². The molecule has 0 aromatic heterocycles. The van der Waals surface area contributed by atoms with Gasteiger partial charge >= 0.3 is 0 Å². The first-order chi connectivity index (χ1) is 8.31. The fourth-order valence-electron chi connectivity index (χ4n) is 2.24. The van der Waals surface area contributed by atoms with Crippen molar-refractivity contribution in [1.29, 1.82) is 0 Å². The normalized spacial score (nSPS) is 19.5. The summed E-state index contributed by atoms with van der Waals surface area (Å²) in [5.41, 5.74) is 7.94. The van der Waals surface area contributed by atoms with Crippen LogP contribution in [-0.2, 0) is 11.3 Å². The first kappa shape index (κ1) is 12.4. The molecule has 94 valence electrons. The summed E-state index contributed by atoms with van der Waals surface area (Å²) in [4.78, 5) is 0. The summed E-state index contributed by atoms with van der Waals surface area (Å²) < 4.78 is 11.4. The molecule has 1 unspecified atom stereocenters. The van der Waals surface area contributed by atoms with Crippen LogP contribution in [0.4, 0.5) is 0 Å². The smallest absolute Gasteiger partial charge is 0.126 e. The van der Waals surface area contributed by atoms with Crippen molar-refractivity contribution in [3.05, 3.63) is 29.3 Å². The zero-order chi connectivity index (χ0) is 12.1. The molecular weight excluding hydrogens is 214 g/mol. The van der Waals surface area contributed by atoms with Gasteiger partial charge in [0, 0.05) is 25.1 Å². The summed E-state index contributed by atoms with van der Waals surface area (Å²) in [7, 11) is 0. The van der Waals surface area contributed by atoms with Crippen LogP contribution in [-0.4, -0.2) is 19.3 Å². The van der Waals surface area contributed by atoms with E-state index in [4.69, 9.17) is 15.2 Å². The Balaban J connectivity index is 1.89. The van der Waals surface area contributed by atoms with Gasteiger partial charge in [-0.1, -0.05) is 18.2 Å². The van der Waals surface area contributed by atoms with Crippen LogP contribution >= 0.6 is 0 Å². The lowest BCUT2D eigenvalue weighted by atomic mass is 10.1. The molecule has 0 radical (unpaired) electrons. The van der Waals surface area contributed by atoms with E-state index < -0.39 is 0 Å². The largest absolute Gasteiger partial charge is 0.493 e. The Bertz CT molecular complexity index is 359. The van der Waals surface area contributed by atoms with Gasteiger partial charge in [-0.2, -0.15) is 0 Å². The zero-order valence-electron chi connectivity index (χ0n) is 10.4. The van der Waals surface area contributed by atoms with Gasteiger partial charge in [-0.05, 0) is 25.3 Å². The Morgan fingerprint density at radius 3 is 3.06 bits per heavy atom. The predicted molar refractivity (Wildman–Crippen MR) is 68.2 cm³/mol. The molecule has 1 aromatic carbocycles. The van der Waals surface area contributed by atoms with E-state index in [1.54, 1.807) is 0 Å². The molecule has 2 N–H and O–H groups in total. The van der Waals surface area contributed by atoms with Crippen molar-refractivity contribution in [3.63, 3.8) is 0 Å². The van der Waals surface area contributed by atoms with Gasteiger partial charge in [0.25, 0.3) is 0 Å². The fraction of sp³-hybridized carbons (Fsp3) is 0.571. The van der Waals surface area contributed by atoms with Gasteiger partial charge in [-0.3, -0.25) is 0 Å².